The van der Waals surface area contributed by atoms with Crippen LogP contribution < -0.4 is 11.4 Å². The lowest BCUT2D eigenvalue weighted by Crippen LogP contribution is -2.29. The van der Waals surface area contributed by atoms with Crippen molar-refractivity contribution >= 4 is 39.4 Å². The molecular formula is C21H21ClN4O2. The number of alkyl halides is 1. The Labute approximate surface area is 166 Å². The number of nitrogens with zero attached hydrogens (tertiary/aromatic N) is 4. The van der Waals surface area contributed by atoms with Crippen molar-refractivity contribution in [3.05, 3.63) is 76.1 Å². The zero-order valence-electron chi connectivity index (χ0n) is 15.6. The van der Waals surface area contributed by atoms with Gasteiger partial charge in [-0.25, -0.2) is 9.59 Å². The minimum absolute atomic E-state index is 0.112. The zero-order valence-corrected chi connectivity index (χ0v) is 16.4. The highest BCUT2D eigenvalue weighted by Crippen LogP contribution is 2.17. The van der Waals surface area contributed by atoms with Crippen LogP contribution in [-0.2, 0) is 19.6 Å². The summed E-state index contributed by atoms with van der Waals surface area (Å²) in [6.07, 6.45) is 0. The van der Waals surface area contributed by atoms with Crippen molar-refractivity contribution in [2.45, 2.75) is 26.6 Å². The summed E-state index contributed by atoms with van der Waals surface area (Å²) in [6, 6.07) is 15.3. The first-order chi connectivity index (χ1) is 13.5. The second-order valence-corrected chi connectivity index (χ2v) is 7.14. The molecule has 7 heteroatoms. The number of hydrogen-bond donors (Lipinski definition) is 0. The second kappa shape index (κ2) is 7.20. The van der Waals surface area contributed by atoms with E-state index in [1.54, 1.807) is 18.3 Å². The maximum absolute atomic E-state index is 13.0. The predicted octanol–water partition coefficient (Wildman–Crippen LogP) is 3.35. The van der Waals surface area contributed by atoms with Gasteiger partial charge in [0.25, 0.3) is 0 Å². The molecule has 0 aliphatic heterocycles. The van der Waals surface area contributed by atoms with Gasteiger partial charge in [-0.15, -0.1) is 11.6 Å². The smallest absolute Gasteiger partial charge is 0.291 e. The molecule has 0 saturated heterocycles. The minimum atomic E-state index is -0.147. The molecule has 0 bridgehead atoms. The second-order valence-electron chi connectivity index (χ2n) is 6.76. The summed E-state index contributed by atoms with van der Waals surface area (Å²) in [7, 11) is 0. The van der Waals surface area contributed by atoms with Gasteiger partial charge >= 0.3 is 11.4 Å². The maximum atomic E-state index is 13.0. The largest absolute Gasteiger partial charge is 0.333 e. The lowest BCUT2D eigenvalue weighted by molar-refractivity contribution is 0.558. The lowest BCUT2D eigenvalue weighted by Gasteiger charge is -2.05. The molecular weight excluding hydrogens is 376 g/mol. The number of aryl methyl sites for hydroxylation is 3. The highest BCUT2D eigenvalue weighted by Gasteiger charge is 2.16. The first-order valence-corrected chi connectivity index (χ1v) is 9.68. The van der Waals surface area contributed by atoms with Crippen LogP contribution in [0.1, 0.15) is 6.92 Å². The van der Waals surface area contributed by atoms with E-state index in [0.29, 0.717) is 31.2 Å². The highest BCUT2D eigenvalue weighted by atomic mass is 35.5. The molecule has 0 radical (unpaired) electrons. The summed E-state index contributed by atoms with van der Waals surface area (Å²) < 4.78 is 6.70. The Morgan fingerprint density at radius 1 is 0.786 bits per heavy atom. The Balaban J connectivity index is 1.81. The lowest BCUT2D eigenvalue weighted by atomic mass is 10.3. The highest BCUT2D eigenvalue weighted by molar-refractivity contribution is 6.17. The summed E-state index contributed by atoms with van der Waals surface area (Å²) in [5.41, 5.74) is 3.74. The number of hydrogen-bond acceptors (Lipinski definition) is 2. The van der Waals surface area contributed by atoms with E-state index < -0.39 is 0 Å². The molecule has 6 nitrogen and oxygen atoms in total. The van der Waals surface area contributed by atoms with Crippen molar-refractivity contribution in [2.75, 3.05) is 5.88 Å². The number of fused-ring (bicyclic) bond motifs is 2. The van der Waals surface area contributed by atoms with Crippen molar-refractivity contribution in [1.82, 2.24) is 18.3 Å². The van der Waals surface area contributed by atoms with Crippen LogP contribution in [-0.4, -0.2) is 24.1 Å². The number of imidazole rings is 2. The molecule has 2 aromatic heterocycles. The van der Waals surface area contributed by atoms with Crippen LogP contribution >= 0.6 is 11.6 Å². The van der Waals surface area contributed by atoms with Gasteiger partial charge in [0.15, 0.2) is 0 Å². The molecule has 0 N–H and O–H groups in total. The summed E-state index contributed by atoms with van der Waals surface area (Å²) in [4.78, 5) is 25.9. The van der Waals surface area contributed by atoms with Crippen LogP contribution in [0.25, 0.3) is 27.8 Å². The van der Waals surface area contributed by atoms with Crippen LogP contribution in [0.5, 0.6) is 0 Å². The number of rotatable bonds is 6. The Hall–Kier alpha value is -2.99. The first-order valence-electron chi connectivity index (χ1n) is 9.14. The predicted molar refractivity (Wildman–Crippen MR) is 114 cm³/mol. The average molecular weight is 397 g/mol. The van der Waals surface area contributed by atoms with E-state index in [9.17, 15) is 9.59 Å². The minimum Gasteiger partial charge on any atom is -0.291 e. The van der Waals surface area contributed by atoms with Crippen molar-refractivity contribution in [3.63, 3.8) is 0 Å². The fourth-order valence-corrected chi connectivity index (χ4v) is 3.95. The van der Waals surface area contributed by atoms with Crippen LogP contribution in [0.2, 0.25) is 0 Å². The van der Waals surface area contributed by atoms with Crippen molar-refractivity contribution in [2.24, 2.45) is 0 Å². The van der Waals surface area contributed by atoms with Crippen molar-refractivity contribution < 1.29 is 0 Å². The molecule has 4 rings (SSSR count). The van der Waals surface area contributed by atoms with Gasteiger partial charge in [0.05, 0.1) is 22.1 Å². The average Bonchev–Trinajstić information content (AvgIpc) is 3.12. The van der Waals surface area contributed by atoms with Crippen LogP contribution in [0, 0.1) is 0 Å². The topological polar surface area (TPSA) is 53.9 Å². The standard InChI is InChI=1S/C21H21ClN4O2/c1-15(2)26-19-10-6-5-9-18(19)25(21(26)28)14-13-24-17-8-4-3-7-16(17)23(12-11-22)20(24)27/h3-10H,1,11-14H2,2H3. The number of aromatic nitrogens is 4. The van der Waals surface area contributed by atoms with Gasteiger partial charge in [-0.05, 0) is 31.2 Å². The van der Waals surface area contributed by atoms with E-state index in [0.717, 1.165) is 22.1 Å². The fourth-order valence-electron chi connectivity index (χ4n) is 3.78. The summed E-state index contributed by atoms with van der Waals surface area (Å²) in [5.74, 6) is 0.361. The van der Waals surface area contributed by atoms with E-state index in [2.05, 4.69) is 6.58 Å². The molecule has 0 amide bonds. The molecule has 28 heavy (non-hydrogen) atoms. The molecule has 0 aliphatic rings. The molecule has 0 spiro atoms. The molecule has 0 saturated carbocycles. The van der Waals surface area contributed by atoms with Crippen molar-refractivity contribution in [3.8, 4) is 0 Å². The Morgan fingerprint density at radius 3 is 1.71 bits per heavy atom. The zero-order chi connectivity index (χ0) is 19.8. The van der Waals surface area contributed by atoms with Gasteiger partial charge in [-0.1, -0.05) is 30.8 Å². The molecule has 0 atom stereocenters. The molecule has 0 unspecified atom stereocenters. The number of halogens is 1. The van der Waals surface area contributed by atoms with Crippen LogP contribution in [0.3, 0.4) is 0 Å². The van der Waals surface area contributed by atoms with Gasteiger partial charge in [-0.3, -0.25) is 18.3 Å². The summed E-state index contributed by atoms with van der Waals surface area (Å²) >= 11 is 5.88. The normalized spacial score (nSPS) is 11.5. The van der Waals surface area contributed by atoms with E-state index in [1.165, 1.54) is 0 Å². The van der Waals surface area contributed by atoms with E-state index in [4.69, 9.17) is 11.6 Å². The Kier molecular flexibility index (Phi) is 4.73. The van der Waals surface area contributed by atoms with E-state index in [1.807, 2.05) is 55.5 Å². The fraction of sp³-hybridized carbons (Fsp3) is 0.238. The van der Waals surface area contributed by atoms with E-state index in [-0.39, 0.29) is 11.4 Å². The van der Waals surface area contributed by atoms with Crippen LogP contribution in [0.4, 0.5) is 0 Å². The third kappa shape index (κ3) is 2.81. The third-order valence-corrected chi connectivity index (χ3v) is 5.17. The van der Waals surface area contributed by atoms with Crippen LogP contribution in [0.15, 0.2) is 64.7 Å². The van der Waals surface area contributed by atoms with Crippen molar-refractivity contribution in [1.29, 1.82) is 0 Å². The quantitative estimate of drug-likeness (QED) is 0.469. The molecule has 2 heterocycles. The Morgan fingerprint density at radius 2 is 1.21 bits per heavy atom. The number of benzene rings is 2. The molecule has 2 aromatic carbocycles. The summed E-state index contributed by atoms with van der Waals surface area (Å²) in [5, 5.41) is 0. The van der Waals surface area contributed by atoms with Gasteiger partial charge in [-0.2, -0.15) is 0 Å². The maximum Gasteiger partial charge on any atom is 0.333 e. The van der Waals surface area contributed by atoms with Gasteiger partial charge in [0.2, 0.25) is 0 Å². The molecule has 0 fully saturated rings. The SMILES string of the molecule is C=C(C)n1c(=O)n(CCn2c(=O)n(CCCl)c3ccccc32)c2ccccc21. The number of para-hydroxylation sites is 4. The third-order valence-electron chi connectivity index (χ3n) is 5.00. The first kappa shape index (κ1) is 18.4. The van der Waals surface area contributed by atoms with Gasteiger partial charge < -0.3 is 0 Å². The monoisotopic (exact) mass is 396 g/mol. The molecule has 0 aliphatic carbocycles. The van der Waals surface area contributed by atoms with E-state index >= 15 is 0 Å². The number of allylic oxidation sites excluding steroid dienone is 1. The summed E-state index contributed by atoms with van der Waals surface area (Å²) in [6.45, 7) is 6.95. The molecule has 144 valence electrons. The molecule has 4 aromatic rings. The Bertz CT molecular complexity index is 1310. The van der Waals surface area contributed by atoms with Gasteiger partial charge in [0, 0.05) is 31.2 Å². The van der Waals surface area contributed by atoms with Gasteiger partial charge in [0.1, 0.15) is 0 Å².